The predicted octanol–water partition coefficient (Wildman–Crippen LogP) is 8.98. The number of carbonyl (C=O) groups excluding carboxylic acids is 5. The number of pyridine rings is 2. The first-order valence-electron chi connectivity index (χ1n) is 28.8. The first kappa shape index (κ1) is 72.2. The summed E-state index contributed by atoms with van der Waals surface area (Å²) in [5, 5.41) is 22.2. The molecule has 0 spiro atoms. The molecule has 2 aliphatic rings. The quantitative estimate of drug-likeness (QED) is 0.0790. The number of primary amides is 2. The van der Waals surface area contributed by atoms with E-state index in [2.05, 4.69) is 57.8 Å². The fourth-order valence-electron chi connectivity index (χ4n) is 11.3. The lowest BCUT2D eigenvalue weighted by Crippen LogP contribution is -2.46. The number of carboxylic acid groups (broad SMARTS) is 1. The van der Waals surface area contributed by atoms with Gasteiger partial charge in [-0.15, -0.1) is 12.4 Å². The minimum absolute atomic E-state index is 0. The molecule has 484 valence electrons. The number of ketones is 2. The predicted molar refractivity (Wildman–Crippen MR) is 361 cm³/mol. The van der Waals surface area contributed by atoms with Gasteiger partial charge in [0.15, 0.2) is 22.9 Å². The number of halogens is 3. The van der Waals surface area contributed by atoms with Crippen molar-refractivity contribution in [1.29, 1.82) is 0 Å². The number of hydrogen-bond acceptors (Lipinski definition) is 15. The van der Waals surface area contributed by atoms with E-state index < -0.39 is 36.2 Å². The summed E-state index contributed by atoms with van der Waals surface area (Å²) in [5.74, 6) is -2.61. The summed E-state index contributed by atoms with van der Waals surface area (Å²) in [6, 6.07) is 24.9. The SMILES string of the molecule is C.Cc1cc2ncc(-c3ccc4c(c3)c(C(N)=O)cn4CC(=O)O)cn2n1.Cc1cccc(CC(=O)[C@@H]2CCC(F)CCN2)n1.Cc1cccc(CC(=O)[C@@H]2CCC(F)CCN2C(=O)Cn2cc(C(N)=O)c3cc(-c4cnc5cc(C)nn5c4)ccc32)n1.Cl.S.S=S. The van der Waals surface area contributed by atoms with Gasteiger partial charge in [0.1, 0.15) is 25.4 Å². The number of alkyl halides is 2. The summed E-state index contributed by atoms with van der Waals surface area (Å²) in [4.78, 5) is 93.7. The maximum absolute atomic E-state index is 14.5. The maximum atomic E-state index is 14.5. The first-order chi connectivity index (χ1) is 42.7. The summed E-state index contributed by atoms with van der Waals surface area (Å²) in [6.45, 7) is 7.88. The van der Waals surface area contributed by atoms with Crippen molar-refractivity contribution in [3.63, 3.8) is 0 Å². The van der Waals surface area contributed by atoms with Crippen LogP contribution in [0.4, 0.5) is 8.78 Å². The molecule has 21 nitrogen and oxygen atoms in total. The van der Waals surface area contributed by atoms with Crippen LogP contribution in [0.3, 0.4) is 0 Å². The number of nitrogens with zero attached hydrogens (tertiary/aromatic N) is 11. The van der Waals surface area contributed by atoms with E-state index in [0.29, 0.717) is 59.7 Å². The highest BCUT2D eigenvalue weighted by Crippen LogP contribution is 2.31. The number of Topliss-reactive ketones (excluding diaryl/α,β-unsaturated/α-hetero) is 2. The Bertz CT molecular complexity index is 4310. The molecule has 3 amide bonds. The normalized spacial score (nSPS) is 16.1. The van der Waals surface area contributed by atoms with Gasteiger partial charge >= 0.3 is 5.97 Å². The lowest BCUT2D eigenvalue weighted by Gasteiger charge is -2.29. The van der Waals surface area contributed by atoms with E-state index in [-0.39, 0.29) is 113 Å². The van der Waals surface area contributed by atoms with E-state index in [1.165, 1.54) is 15.7 Å². The first-order valence-corrected chi connectivity index (χ1v) is 30.2. The molecule has 2 aromatic carbocycles. The van der Waals surface area contributed by atoms with Crippen LogP contribution in [0.2, 0.25) is 0 Å². The molecule has 2 aliphatic heterocycles. The number of carbonyl (C=O) groups is 6. The lowest BCUT2D eigenvalue weighted by molar-refractivity contribution is -0.139. The van der Waals surface area contributed by atoms with Gasteiger partial charge in [-0.25, -0.2) is 27.8 Å². The van der Waals surface area contributed by atoms with Crippen molar-refractivity contribution in [1.82, 2.24) is 58.5 Å². The van der Waals surface area contributed by atoms with Crippen LogP contribution in [0.25, 0.3) is 55.4 Å². The standard InChI is InChI=1S/C32H32FN7O3.C18H15N5O3.C14H19FN2O.CH4.ClH.S2.H2S/c1-19-4-3-5-24(36-19)14-29(41)28-9-7-23(33)10-11-39(28)31(42)18-38-17-26(32(34)43)25-13-21(6-8-27(25)38)22-15-35-30-12-20(2)37-40(30)16-22;1-10-4-16-20-6-12(7-23(16)21-10)11-2-3-15-13(5-11)14(18(19)26)8-22(15)9-17(24)25;1-10-3-2-4-12(17-10)9-14(18)13-6-5-11(15)7-8-16-13;;;1-2;/h3-6,8,12-13,15-17,23,28H,7,9-11,14,18H2,1-2H3,(H2,34,43);2-8H,9H2,1H3,(H2,19,26)(H,24,25);2-4,11,13,16H,5-9H2,1H3;1H4;1H;;1H2/t23?,28-;;11?,13-;;;;/m0.0..../s1. The number of amides is 3. The van der Waals surface area contributed by atoms with Crippen LogP contribution in [-0.2, 0) is 67.5 Å². The molecule has 92 heavy (non-hydrogen) atoms. The van der Waals surface area contributed by atoms with Crippen molar-refractivity contribution in [3.8, 4) is 22.3 Å². The number of likely N-dealkylation sites (tertiary alicyclic amines) is 1. The highest BCUT2D eigenvalue weighted by molar-refractivity contribution is 8.07. The lowest BCUT2D eigenvalue weighted by atomic mass is 10.0. The molecule has 2 unspecified atom stereocenters. The number of aliphatic carboxylic acids is 1. The van der Waals surface area contributed by atoms with Gasteiger partial charge in [0.2, 0.25) is 5.91 Å². The van der Waals surface area contributed by atoms with E-state index in [1.807, 2.05) is 113 Å². The minimum atomic E-state index is -1.09. The van der Waals surface area contributed by atoms with Crippen molar-refractivity contribution < 1.29 is 42.7 Å². The molecule has 4 atom stereocenters. The van der Waals surface area contributed by atoms with Gasteiger partial charge in [-0.1, -0.05) is 31.7 Å². The van der Waals surface area contributed by atoms with Crippen molar-refractivity contribution in [2.45, 2.75) is 124 Å². The zero-order chi connectivity index (χ0) is 63.6. The molecular weight excluding hydrogens is 1260 g/mol. The monoisotopic (exact) mass is 1330 g/mol. The summed E-state index contributed by atoms with van der Waals surface area (Å²) in [7, 11) is 0. The zero-order valence-corrected chi connectivity index (χ0v) is 53.7. The van der Waals surface area contributed by atoms with Gasteiger partial charge in [-0.2, -0.15) is 23.7 Å². The molecule has 6 N–H and O–H groups in total. The Morgan fingerprint density at radius 1 is 0.598 bits per heavy atom. The smallest absolute Gasteiger partial charge is 0.323 e. The number of aryl methyl sites for hydroxylation is 4. The largest absolute Gasteiger partial charge is 0.480 e. The molecule has 0 radical (unpaired) electrons. The Balaban J connectivity index is 0.000000234. The van der Waals surface area contributed by atoms with Gasteiger partial charge < -0.3 is 35.9 Å². The number of carboxylic acids is 1. The van der Waals surface area contributed by atoms with Gasteiger partial charge in [0.25, 0.3) is 11.8 Å². The third-order valence-corrected chi connectivity index (χ3v) is 15.6. The number of nitrogens with two attached hydrogens (primary N) is 2. The molecule has 0 aliphatic carbocycles. The third-order valence-electron chi connectivity index (χ3n) is 15.6. The summed E-state index contributed by atoms with van der Waals surface area (Å²) in [6.07, 6.45) is 11.0. The third kappa shape index (κ3) is 17.6. The van der Waals surface area contributed by atoms with Gasteiger partial charge in [0.05, 0.1) is 47.4 Å². The van der Waals surface area contributed by atoms with Gasteiger partial charge in [0, 0.05) is 134 Å². The van der Waals surface area contributed by atoms with Crippen molar-refractivity contribution in [2.75, 3.05) is 13.1 Å². The Labute approximate surface area is 552 Å². The molecule has 0 bridgehead atoms. The van der Waals surface area contributed by atoms with Crippen LogP contribution in [-0.4, -0.2) is 131 Å². The number of aromatic nitrogens is 10. The fraction of sp³-hybridized carbons (Fsp3) is 0.323. The average Bonchev–Trinajstić information content (AvgIpc) is 1.61. The number of benzene rings is 2. The van der Waals surface area contributed by atoms with Gasteiger partial charge in [-0.3, -0.25) is 38.7 Å². The molecular formula is C65H73ClF2N14O7S3. The average molecular weight is 1330 g/mol. The number of hydrogen-bond donors (Lipinski definition) is 4. The second kappa shape index (κ2) is 32.5. The van der Waals surface area contributed by atoms with E-state index in [0.717, 1.165) is 62.0 Å². The Morgan fingerprint density at radius 2 is 1.08 bits per heavy atom. The molecule has 8 aromatic heterocycles. The Morgan fingerprint density at radius 3 is 1.57 bits per heavy atom. The molecule has 10 heterocycles. The van der Waals surface area contributed by atoms with Crippen molar-refractivity contribution >= 4 is 117 Å². The topological polar surface area (TPSA) is 286 Å². The van der Waals surface area contributed by atoms with Crippen LogP contribution in [0.5, 0.6) is 0 Å². The molecule has 2 saturated heterocycles. The summed E-state index contributed by atoms with van der Waals surface area (Å²) in [5.41, 5.74) is 22.6. The van der Waals surface area contributed by atoms with Crippen LogP contribution < -0.4 is 16.8 Å². The molecule has 0 saturated carbocycles. The molecule has 2 fully saturated rings. The molecule has 10 aromatic rings. The second-order valence-corrected chi connectivity index (χ2v) is 22.2. The Kier molecular flexibility index (Phi) is 25.5. The van der Waals surface area contributed by atoms with Gasteiger partial charge in [-0.05, 0) is 132 Å². The van der Waals surface area contributed by atoms with E-state index in [1.54, 1.807) is 44.3 Å². The maximum Gasteiger partial charge on any atom is 0.323 e. The Hall–Kier alpha value is -8.82. The molecule has 27 heteroatoms. The number of fused-ring (bicyclic) bond motifs is 4. The van der Waals surface area contributed by atoms with Crippen LogP contribution in [0, 0.1) is 27.7 Å². The number of nitrogens with one attached hydrogen (secondary N) is 1. The van der Waals surface area contributed by atoms with E-state index in [9.17, 15) is 37.5 Å². The highest BCUT2D eigenvalue weighted by atomic mass is 35.5. The van der Waals surface area contributed by atoms with E-state index >= 15 is 0 Å². The summed E-state index contributed by atoms with van der Waals surface area (Å²) >= 11 is 7.33. The molecule has 12 rings (SSSR count). The van der Waals surface area contributed by atoms with Crippen molar-refractivity contribution in [3.05, 3.63) is 167 Å². The number of rotatable bonds is 14. The second-order valence-electron chi connectivity index (χ2n) is 22.2. The fourth-order valence-corrected chi connectivity index (χ4v) is 11.3. The van der Waals surface area contributed by atoms with Crippen LogP contribution in [0.15, 0.2) is 122 Å². The van der Waals surface area contributed by atoms with Crippen molar-refractivity contribution in [2.24, 2.45) is 11.5 Å². The zero-order valence-electron chi connectivity index (χ0n) is 50.3. The van der Waals surface area contributed by atoms with Crippen LogP contribution >= 0.6 is 25.9 Å². The van der Waals surface area contributed by atoms with E-state index in [4.69, 9.17) is 16.6 Å². The minimum Gasteiger partial charge on any atom is -0.480 e. The highest BCUT2D eigenvalue weighted by Gasteiger charge is 2.34. The summed E-state index contributed by atoms with van der Waals surface area (Å²) < 4.78 is 34.2. The van der Waals surface area contributed by atoms with Crippen LogP contribution in [0.1, 0.15) is 101 Å².